The second-order valence-electron chi connectivity index (χ2n) is 5.16. The molecule has 0 aromatic heterocycles. The number of rotatable bonds is 4. The standard InChI is InChI=1S/C18H22O2/c1-12-10-16(11-18(20-5)13(12)2)14(3)15-6-8-17(19-4)9-7-15/h6-11,14H,1-5H3. The van der Waals surface area contributed by atoms with Gasteiger partial charge in [0.1, 0.15) is 11.5 Å². The molecule has 2 nitrogen and oxygen atoms in total. The van der Waals surface area contributed by atoms with Crippen LogP contribution in [0, 0.1) is 13.8 Å². The van der Waals surface area contributed by atoms with Gasteiger partial charge >= 0.3 is 0 Å². The molecule has 2 rings (SSSR count). The lowest BCUT2D eigenvalue weighted by Crippen LogP contribution is -2.00. The lowest BCUT2D eigenvalue weighted by molar-refractivity contribution is 0.410. The fourth-order valence-corrected chi connectivity index (χ4v) is 2.40. The molecule has 0 radical (unpaired) electrons. The molecule has 0 aliphatic rings. The fourth-order valence-electron chi connectivity index (χ4n) is 2.40. The van der Waals surface area contributed by atoms with Crippen LogP contribution in [0.4, 0.5) is 0 Å². The SMILES string of the molecule is COc1ccc(C(C)c2cc(C)c(C)c(OC)c2)cc1. The minimum Gasteiger partial charge on any atom is -0.497 e. The van der Waals surface area contributed by atoms with Crippen LogP contribution in [0.25, 0.3) is 0 Å². The van der Waals surface area contributed by atoms with Gasteiger partial charge in [-0.15, -0.1) is 0 Å². The molecule has 0 spiro atoms. The molecule has 1 atom stereocenters. The molecular formula is C18H22O2. The molecular weight excluding hydrogens is 248 g/mol. The molecule has 0 N–H and O–H groups in total. The van der Waals surface area contributed by atoms with Crippen molar-refractivity contribution in [3.63, 3.8) is 0 Å². The van der Waals surface area contributed by atoms with Crippen LogP contribution >= 0.6 is 0 Å². The van der Waals surface area contributed by atoms with Crippen molar-refractivity contribution in [2.45, 2.75) is 26.7 Å². The first-order valence-electron chi connectivity index (χ1n) is 6.86. The van der Waals surface area contributed by atoms with Crippen molar-refractivity contribution in [1.29, 1.82) is 0 Å². The molecule has 0 amide bonds. The third-order valence-corrected chi connectivity index (χ3v) is 3.98. The van der Waals surface area contributed by atoms with E-state index in [9.17, 15) is 0 Å². The van der Waals surface area contributed by atoms with Gasteiger partial charge in [0.25, 0.3) is 0 Å². The first kappa shape index (κ1) is 14.4. The molecule has 0 saturated heterocycles. The van der Waals surface area contributed by atoms with Crippen LogP contribution in [0.2, 0.25) is 0 Å². The van der Waals surface area contributed by atoms with Crippen molar-refractivity contribution in [2.24, 2.45) is 0 Å². The average Bonchev–Trinajstić information content (AvgIpc) is 2.49. The summed E-state index contributed by atoms with van der Waals surface area (Å²) < 4.78 is 10.7. The Balaban J connectivity index is 2.36. The highest BCUT2D eigenvalue weighted by Crippen LogP contribution is 2.31. The Morgan fingerprint density at radius 3 is 2.05 bits per heavy atom. The molecule has 20 heavy (non-hydrogen) atoms. The van der Waals surface area contributed by atoms with Crippen LogP contribution in [0.15, 0.2) is 36.4 Å². The second kappa shape index (κ2) is 6.00. The van der Waals surface area contributed by atoms with Crippen molar-refractivity contribution in [2.75, 3.05) is 14.2 Å². The van der Waals surface area contributed by atoms with E-state index >= 15 is 0 Å². The molecule has 0 fully saturated rings. The summed E-state index contributed by atoms with van der Waals surface area (Å²) in [6.07, 6.45) is 0. The molecule has 2 heteroatoms. The topological polar surface area (TPSA) is 18.5 Å². The van der Waals surface area contributed by atoms with Gasteiger partial charge in [0, 0.05) is 5.92 Å². The van der Waals surface area contributed by atoms with Crippen LogP contribution in [0.1, 0.15) is 35.1 Å². The summed E-state index contributed by atoms with van der Waals surface area (Å²) in [4.78, 5) is 0. The van der Waals surface area contributed by atoms with Crippen LogP contribution in [0.3, 0.4) is 0 Å². The van der Waals surface area contributed by atoms with Crippen LogP contribution < -0.4 is 9.47 Å². The summed E-state index contributed by atoms with van der Waals surface area (Å²) in [6.45, 7) is 6.43. The summed E-state index contributed by atoms with van der Waals surface area (Å²) in [7, 11) is 3.41. The number of benzene rings is 2. The quantitative estimate of drug-likeness (QED) is 0.816. The van der Waals surface area contributed by atoms with Gasteiger partial charge < -0.3 is 9.47 Å². The monoisotopic (exact) mass is 270 g/mol. The van der Waals surface area contributed by atoms with E-state index in [1.165, 1.54) is 22.3 Å². The Kier molecular flexibility index (Phi) is 4.33. The summed E-state index contributed by atoms with van der Waals surface area (Å²) >= 11 is 0. The Morgan fingerprint density at radius 2 is 1.50 bits per heavy atom. The molecule has 0 heterocycles. The Bertz CT molecular complexity index is 585. The van der Waals surface area contributed by atoms with E-state index in [2.05, 4.69) is 45.0 Å². The maximum absolute atomic E-state index is 5.47. The third-order valence-electron chi connectivity index (χ3n) is 3.98. The third kappa shape index (κ3) is 2.79. The second-order valence-corrected chi connectivity index (χ2v) is 5.16. The Morgan fingerprint density at radius 1 is 0.850 bits per heavy atom. The molecule has 0 aliphatic carbocycles. The number of aryl methyl sites for hydroxylation is 1. The molecule has 2 aromatic rings. The number of hydrogen-bond acceptors (Lipinski definition) is 2. The zero-order valence-electron chi connectivity index (χ0n) is 12.9. The first-order valence-corrected chi connectivity index (χ1v) is 6.86. The van der Waals surface area contributed by atoms with Crippen molar-refractivity contribution in [3.8, 4) is 11.5 Å². The van der Waals surface area contributed by atoms with E-state index in [1.807, 2.05) is 12.1 Å². The molecule has 0 aliphatic heterocycles. The van der Waals surface area contributed by atoms with Gasteiger partial charge in [-0.05, 0) is 54.3 Å². The van der Waals surface area contributed by atoms with Gasteiger partial charge in [0.15, 0.2) is 0 Å². The van der Waals surface area contributed by atoms with Gasteiger partial charge in [-0.25, -0.2) is 0 Å². The minimum atomic E-state index is 0.328. The lowest BCUT2D eigenvalue weighted by Gasteiger charge is -2.17. The van der Waals surface area contributed by atoms with Crippen LogP contribution in [-0.4, -0.2) is 14.2 Å². The van der Waals surface area contributed by atoms with Crippen molar-refractivity contribution >= 4 is 0 Å². The van der Waals surface area contributed by atoms with Gasteiger partial charge in [-0.3, -0.25) is 0 Å². The van der Waals surface area contributed by atoms with Crippen molar-refractivity contribution in [3.05, 3.63) is 58.7 Å². The van der Waals surface area contributed by atoms with Gasteiger partial charge in [0.2, 0.25) is 0 Å². The maximum atomic E-state index is 5.47. The van der Waals surface area contributed by atoms with E-state index in [0.29, 0.717) is 5.92 Å². The van der Waals surface area contributed by atoms with Crippen molar-refractivity contribution < 1.29 is 9.47 Å². The number of methoxy groups -OCH3 is 2. The van der Waals surface area contributed by atoms with E-state index in [0.717, 1.165) is 11.5 Å². The summed E-state index contributed by atoms with van der Waals surface area (Å²) in [6, 6.07) is 12.6. The molecule has 1 unspecified atom stereocenters. The predicted octanol–water partition coefficient (Wildman–Crippen LogP) is 4.47. The van der Waals surface area contributed by atoms with Gasteiger partial charge in [0.05, 0.1) is 14.2 Å². The fraction of sp³-hybridized carbons (Fsp3) is 0.333. The predicted molar refractivity (Wildman–Crippen MR) is 83.0 cm³/mol. The summed E-state index contributed by atoms with van der Waals surface area (Å²) in [5.74, 6) is 2.17. The van der Waals surface area contributed by atoms with E-state index in [4.69, 9.17) is 9.47 Å². The number of ether oxygens (including phenoxy) is 2. The smallest absolute Gasteiger partial charge is 0.122 e. The minimum absolute atomic E-state index is 0.328. The first-order chi connectivity index (χ1) is 9.56. The van der Waals surface area contributed by atoms with E-state index in [1.54, 1.807) is 14.2 Å². The van der Waals surface area contributed by atoms with E-state index < -0.39 is 0 Å². The normalized spacial score (nSPS) is 12.1. The van der Waals surface area contributed by atoms with Crippen molar-refractivity contribution in [1.82, 2.24) is 0 Å². The zero-order chi connectivity index (χ0) is 14.7. The highest BCUT2D eigenvalue weighted by Gasteiger charge is 2.12. The van der Waals surface area contributed by atoms with Gasteiger partial charge in [-0.1, -0.05) is 25.1 Å². The highest BCUT2D eigenvalue weighted by molar-refractivity contribution is 5.46. The van der Waals surface area contributed by atoms with Crippen LogP contribution in [-0.2, 0) is 0 Å². The number of hydrogen-bond donors (Lipinski definition) is 0. The Labute approximate surface area is 121 Å². The van der Waals surface area contributed by atoms with Crippen LogP contribution in [0.5, 0.6) is 11.5 Å². The highest BCUT2D eigenvalue weighted by atomic mass is 16.5. The lowest BCUT2D eigenvalue weighted by atomic mass is 9.90. The zero-order valence-corrected chi connectivity index (χ0v) is 12.9. The largest absolute Gasteiger partial charge is 0.497 e. The summed E-state index contributed by atoms with van der Waals surface area (Å²) in [5, 5.41) is 0. The average molecular weight is 270 g/mol. The summed E-state index contributed by atoms with van der Waals surface area (Å²) in [5.41, 5.74) is 5.02. The molecule has 0 bridgehead atoms. The molecule has 2 aromatic carbocycles. The molecule has 106 valence electrons. The van der Waals surface area contributed by atoms with E-state index in [-0.39, 0.29) is 0 Å². The molecule has 0 saturated carbocycles. The maximum Gasteiger partial charge on any atom is 0.122 e. The van der Waals surface area contributed by atoms with Gasteiger partial charge in [-0.2, -0.15) is 0 Å². The Hall–Kier alpha value is -1.96.